The number of aromatic amines is 1. The van der Waals surface area contributed by atoms with Crippen LogP contribution < -0.4 is 5.32 Å². The van der Waals surface area contributed by atoms with Gasteiger partial charge in [-0.3, -0.25) is 9.89 Å². The molecule has 0 saturated carbocycles. The standard InChI is InChI=1S/C10H12N4O/c1-6(2)10(15)11-7-3-4-8-9(5-7)13-14-12-8/h3-6H,1-2H3,(H,11,15)(H,12,13,14). The number of rotatable bonds is 2. The number of fused-ring (bicyclic) bond motifs is 1. The van der Waals surface area contributed by atoms with E-state index in [0.717, 1.165) is 16.7 Å². The third kappa shape index (κ3) is 1.96. The van der Waals surface area contributed by atoms with Gasteiger partial charge in [0.15, 0.2) is 0 Å². The molecule has 0 bridgehead atoms. The van der Waals surface area contributed by atoms with Crippen LogP contribution in [-0.4, -0.2) is 21.3 Å². The number of anilines is 1. The van der Waals surface area contributed by atoms with Crippen LogP contribution in [0.4, 0.5) is 5.69 Å². The Morgan fingerprint density at radius 3 is 3.00 bits per heavy atom. The zero-order valence-corrected chi connectivity index (χ0v) is 8.61. The summed E-state index contributed by atoms with van der Waals surface area (Å²) in [6.45, 7) is 3.70. The molecule has 1 heterocycles. The molecule has 2 N–H and O–H groups in total. The molecular formula is C10H12N4O. The molecule has 1 amide bonds. The van der Waals surface area contributed by atoms with Gasteiger partial charge in [-0.25, -0.2) is 0 Å². The number of H-pyrrole nitrogens is 1. The van der Waals surface area contributed by atoms with Crippen molar-refractivity contribution in [3.63, 3.8) is 0 Å². The van der Waals surface area contributed by atoms with Gasteiger partial charge in [-0.1, -0.05) is 19.1 Å². The second-order valence-corrected chi connectivity index (χ2v) is 3.69. The van der Waals surface area contributed by atoms with E-state index < -0.39 is 0 Å². The van der Waals surface area contributed by atoms with Gasteiger partial charge in [-0.05, 0) is 18.2 Å². The van der Waals surface area contributed by atoms with Gasteiger partial charge in [0.05, 0.1) is 5.52 Å². The smallest absolute Gasteiger partial charge is 0.226 e. The van der Waals surface area contributed by atoms with Crippen molar-refractivity contribution in [2.45, 2.75) is 13.8 Å². The predicted molar refractivity (Wildman–Crippen MR) is 57.4 cm³/mol. The largest absolute Gasteiger partial charge is 0.326 e. The zero-order valence-electron chi connectivity index (χ0n) is 8.61. The SMILES string of the molecule is CC(C)C(=O)Nc1ccc2[nH]nnc2c1. The summed E-state index contributed by atoms with van der Waals surface area (Å²) in [5.41, 5.74) is 2.35. The number of amides is 1. The van der Waals surface area contributed by atoms with Gasteiger partial charge in [-0.2, -0.15) is 0 Å². The Bertz CT molecular complexity index is 489. The molecule has 2 aromatic rings. The minimum Gasteiger partial charge on any atom is -0.326 e. The molecule has 5 heteroatoms. The summed E-state index contributed by atoms with van der Waals surface area (Å²) in [5.74, 6) is -0.0316. The van der Waals surface area contributed by atoms with Gasteiger partial charge in [0.1, 0.15) is 5.52 Å². The summed E-state index contributed by atoms with van der Waals surface area (Å²) in [7, 11) is 0. The molecule has 0 spiro atoms. The van der Waals surface area contributed by atoms with Crippen molar-refractivity contribution in [3.05, 3.63) is 18.2 Å². The van der Waals surface area contributed by atoms with Crippen molar-refractivity contribution in [2.24, 2.45) is 5.92 Å². The molecule has 0 aliphatic carbocycles. The highest BCUT2D eigenvalue weighted by atomic mass is 16.1. The topological polar surface area (TPSA) is 70.7 Å². The highest BCUT2D eigenvalue weighted by Crippen LogP contribution is 2.15. The number of aromatic nitrogens is 3. The van der Waals surface area contributed by atoms with Crippen LogP contribution in [0.1, 0.15) is 13.8 Å². The van der Waals surface area contributed by atoms with E-state index in [-0.39, 0.29) is 11.8 Å². The first-order valence-electron chi connectivity index (χ1n) is 4.78. The van der Waals surface area contributed by atoms with Crippen LogP contribution >= 0.6 is 0 Å². The van der Waals surface area contributed by atoms with Crippen molar-refractivity contribution in [3.8, 4) is 0 Å². The summed E-state index contributed by atoms with van der Waals surface area (Å²) in [5, 5.41) is 13.1. The van der Waals surface area contributed by atoms with Gasteiger partial charge >= 0.3 is 0 Å². The Hall–Kier alpha value is -1.91. The molecule has 2 rings (SSSR count). The number of nitrogens with one attached hydrogen (secondary N) is 2. The van der Waals surface area contributed by atoms with Gasteiger partial charge in [0, 0.05) is 11.6 Å². The first kappa shape index (κ1) is 9.64. The monoisotopic (exact) mass is 204 g/mol. The molecule has 0 aliphatic rings. The maximum absolute atomic E-state index is 11.4. The van der Waals surface area contributed by atoms with Gasteiger partial charge in [0.2, 0.25) is 5.91 Å². The van der Waals surface area contributed by atoms with Gasteiger partial charge in [-0.15, -0.1) is 5.10 Å². The Labute approximate surface area is 86.9 Å². The van der Waals surface area contributed by atoms with Gasteiger partial charge in [0.25, 0.3) is 0 Å². The van der Waals surface area contributed by atoms with Crippen LogP contribution in [0.25, 0.3) is 11.0 Å². The van der Waals surface area contributed by atoms with Crippen LogP contribution in [0.15, 0.2) is 18.2 Å². The van der Waals surface area contributed by atoms with E-state index >= 15 is 0 Å². The molecule has 15 heavy (non-hydrogen) atoms. The molecule has 1 aromatic heterocycles. The summed E-state index contributed by atoms with van der Waals surface area (Å²) in [6.07, 6.45) is 0. The van der Waals surface area contributed by atoms with E-state index in [1.54, 1.807) is 6.07 Å². The summed E-state index contributed by atoms with van der Waals surface area (Å²) in [6, 6.07) is 5.45. The minimum atomic E-state index is -0.0296. The van der Waals surface area contributed by atoms with Crippen molar-refractivity contribution in [2.75, 3.05) is 5.32 Å². The molecular weight excluding hydrogens is 192 g/mol. The summed E-state index contributed by atoms with van der Waals surface area (Å²) < 4.78 is 0. The maximum Gasteiger partial charge on any atom is 0.226 e. The molecule has 0 saturated heterocycles. The first-order chi connectivity index (χ1) is 7.16. The minimum absolute atomic E-state index is 0.00200. The molecule has 0 unspecified atom stereocenters. The van der Waals surface area contributed by atoms with E-state index in [2.05, 4.69) is 20.7 Å². The number of benzene rings is 1. The lowest BCUT2D eigenvalue weighted by Gasteiger charge is -2.06. The van der Waals surface area contributed by atoms with Crippen molar-refractivity contribution >= 4 is 22.6 Å². The lowest BCUT2D eigenvalue weighted by atomic mass is 10.2. The van der Waals surface area contributed by atoms with Gasteiger partial charge < -0.3 is 5.32 Å². The average molecular weight is 204 g/mol. The van der Waals surface area contributed by atoms with E-state index in [0.29, 0.717) is 0 Å². The predicted octanol–water partition coefficient (Wildman–Crippen LogP) is 1.55. The Morgan fingerprint density at radius 1 is 1.47 bits per heavy atom. The van der Waals surface area contributed by atoms with Crippen LogP contribution in [0.5, 0.6) is 0 Å². The highest BCUT2D eigenvalue weighted by Gasteiger charge is 2.07. The van der Waals surface area contributed by atoms with E-state index in [1.807, 2.05) is 26.0 Å². The molecule has 0 fully saturated rings. The fourth-order valence-corrected chi connectivity index (χ4v) is 1.21. The quantitative estimate of drug-likeness (QED) is 0.779. The van der Waals surface area contributed by atoms with Crippen LogP contribution in [0.2, 0.25) is 0 Å². The zero-order chi connectivity index (χ0) is 10.8. The van der Waals surface area contributed by atoms with E-state index in [9.17, 15) is 4.79 Å². The van der Waals surface area contributed by atoms with Crippen LogP contribution in [0.3, 0.4) is 0 Å². The molecule has 0 atom stereocenters. The fourth-order valence-electron chi connectivity index (χ4n) is 1.21. The van der Waals surface area contributed by atoms with Crippen molar-refractivity contribution in [1.29, 1.82) is 0 Å². The van der Waals surface area contributed by atoms with Crippen molar-refractivity contribution in [1.82, 2.24) is 15.4 Å². The normalized spacial score (nSPS) is 10.9. The lowest BCUT2D eigenvalue weighted by molar-refractivity contribution is -0.118. The Kier molecular flexibility index (Phi) is 2.37. The molecule has 1 aromatic carbocycles. The summed E-state index contributed by atoms with van der Waals surface area (Å²) in [4.78, 5) is 11.4. The molecule has 78 valence electrons. The number of carbonyl (C=O) groups excluding carboxylic acids is 1. The first-order valence-corrected chi connectivity index (χ1v) is 4.78. The molecule has 0 aliphatic heterocycles. The van der Waals surface area contributed by atoms with E-state index in [1.165, 1.54) is 0 Å². The number of hydrogen-bond donors (Lipinski definition) is 2. The molecule has 5 nitrogen and oxygen atoms in total. The van der Waals surface area contributed by atoms with Crippen LogP contribution in [0, 0.1) is 5.92 Å². The average Bonchev–Trinajstić information content (AvgIpc) is 2.64. The highest BCUT2D eigenvalue weighted by molar-refractivity contribution is 5.93. The number of carbonyl (C=O) groups is 1. The Balaban J connectivity index is 2.25. The maximum atomic E-state index is 11.4. The lowest BCUT2D eigenvalue weighted by Crippen LogP contribution is -2.17. The number of nitrogens with zero attached hydrogens (tertiary/aromatic N) is 2. The van der Waals surface area contributed by atoms with Crippen molar-refractivity contribution < 1.29 is 4.79 Å². The third-order valence-electron chi connectivity index (χ3n) is 2.12. The second-order valence-electron chi connectivity index (χ2n) is 3.69. The number of hydrogen-bond acceptors (Lipinski definition) is 3. The second kappa shape index (κ2) is 3.68. The van der Waals surface area contributed by atoms with Crippen LogP contribution in [-0.2, 0) is 4.79 Å². The Morgan fingerprint density at radius 2 is 2.27 bits per heavy atom. The molecule has 0 radical (unpaired) electrons. The third-order valence-corrected chi connectivity index (χ3v) is 2.12. The fraction of sp³-hybridized carbons (Fsp3) is 0.300. The summed E-state index contributed by atoms with van der Waals surface area (Å²) >= 11 is 0. The van der Waals surface area contributed by atoms with E-state index in [4.69, 9.17) is 0 Å².